The Morgan fingerprint density at radius 2 is 1.57 bits per heavy atom. The van der Waals surface area contributed by atoms with Crippen molar-refractivity contribution in [3.63, 3.8) is 0 Å². The van der Waals surface area contributed by atoms with Crippen LogP contribution in [0.2, 0.25) is 0 Å². The van der Waals surface area contributed by atoms with Gasteiger partial charge >= 0.3 is 5.97 Å². The van der Waals surface area contributed by atoms with E-state index in [1.165, 1.54) is 12.1 Å². The third kappa shape index (κ3) is 2.68. The summed E-state index contributed by atoms with van der Waals surface area (Å²) in [4.78, 5) is 36.1. The van der Waals surface area contributed by atoms with Crippen LogP contribution in [0.1, 0.15) is 22.8 Å². The number of carboxylic acids is 1. The van der Waals surface area contributed by atoms with Gasteiger partial charge in [0.05, 0.1) is 17.4 Å². The lowest BCUT2D eigenvalue weighted by Crippen LogP contribution is -2.36. The van der Waals surface area contributed by atoms with Crippen molar-refractivity contribution in [3.05, 3.63) is 70.8 Å². The molecule has 4 nitrogen and oxygen atoms in total. The second-order valence-electron chi connectivity index (χ2n) is 5.83. The Balaban J connectivity index is 1.92. The van der Waals surface area contributed by atoms with E-state index in [0.717, 1.165) is 5.56 Å². The molecule has 2 aliphatic rings. The minimum absolute atomic E-state index is 0.00708. The van der Waals surface area contributed by atoms with Gasteiger partial charge in [-0.2, -0.15) is 0 Å². The van der Waals surface area contributed by atoms with Crippen molar-refractivity contribution < 1.29 is 19.5 Å². The van der Waals surface area contributed by atoms with Crippen molar-refractivity contribution in [1.82, 2.24) is 0 Å². The van der Waals surface area contributed by atoms with Crippen LogP contribution >= 0.6 is 0 Å². The van der Waals surface area contributed by atoms with Crippen LogP contribution in [0.4, 0.5) is 0 Å². The molecule has 0 bridgehead atoms. The molecule has 2 aliphatic carbocycles. The van der Waals surface area contributed by atoms with E-state index in [1.807, 2.05) is 0 Å². The number of ketones is 2. The number of hydrogen-bond donors (Lipinski definition) is 1. The van der Waals surface area contributed by atoms with Gasteiger partial charge in [-0.05, 0) is 30.2 Å². The van der Waals surface area contributed by atoms with Gasteiger partial charge in [-0.1, -0.05) is 36.4 Å². The lowest BCUT2D eigenvalue weighted by atomic mass is 9.71. The molecule has 23 heavy (non-hydrogen) atoms. The number of carbonyl (C=O) groups excluding carboxylic acids is 2. The summed E-state index contributed by atoms with van der Waals surface area (Å²) in [6.07, 6.45) is 7.51. The summed E-state index contributed by atoms with van der Waals surface area (Å²) in [5.41, 5.74) is 2.06. The maximum atomic E-state index is 12.7. The van der Waals surface area contributed by atoms with Crippen LogP contribution < -0.4 is 0 Å². The first kappa shape index (κ1) is 15.2. The molecule has 116 valence electrons. The first-order valence-corrected chi connectivity index (χ1v) is 7.44. The van der Waals surface area contributed by atoms with Gasteiger partial charge in [0.1, 0.15) is 0 Å². The number of carbonyl (C=O) groups is 3. The number of rotatable bonds is 3. The number of fused-ring (bicyclic) bond motifs is 1. The van der Waals surface area contributed by atoms with Gasteiger partial charge in [0.2, 0.25) is 0 Å². The van der Waals surface area contributed by atoms with E-state index in [-0.39, 0.29) is 23.0 Å². The highest BCUT2D eigenvalue weighted by molar-refractivity contribution is 6.15. The largest absolute Gasteiger partial charge is 0.478 e. The predicted octanol–water partition coefficient (Wildman–Crippen LogP) is 2.75. The highest BCUT2D eigenvalue weighted by Gasteiger charge is 2.39. The number of aromatic carboxylic acids is 1. The molecule has 1 aromatic carbocycles. The van der Waals surface area contributed by atoms with Gasteiger partial charge in [-0.3, -0.25) is 9.59 Å². The summed E-state index contributed by atoms with van der Waals surface area (Å²) in [5.74, 6) is -1.81. The third-order valence-corrected chi connectivity index (χ3v) is 4.44. The maximum Gasteiger partial charge on any atom is 0.335 e. The van der Waals surface area contributed by atoms with Crippen molar-refractivity contribution in [2.24, 2.45) is 11.8 Å². The number of carboxylic acid groups (broad SMARTS) is 1. The minimum atomic E-state index is -0.988. The predicted molar refractivity (Wildman–Crippen MR) is 85.1 cm³/mol. The molecule has 3 rings (SSSR count). The monoisotopic (exact) mass is 308 g/mol. The molecule has 2 atom stereocenters. The van der Waals surface area contributed by atoms with Gasteiger partial charge in [-0.25, -0.2) is 4.79 Å². The molecular weight excluding hydrogens is 292 g/mol. The van der Waals surface area contributed by atoms with Crippen molar-refractivity contribution in [2.45, 2.75) is 13.3 Å². The van der Waals surface area contributed by atoms with E-state index in [2.05, 4.69) is 0 Å². The zero-order valence-corrected chi connectivity index (χ0v) is 12.7. The Kier molecular flexibility index (Phi) is 3.82. The van der Waals surface area contributed by atoms with Crippen LogP contribution in [0.5, 0.6) is 0 Å². The minimum Gasteiger partial charge on any atom is -0.478 e. The summed E-state index contributed by atoms with van der Waals surface area (Å²) in [6.45, 7) is 1.70. The van der Waals surface area contributed by atoms with Crippen LogP contribution in [-0.4, -0.2) is 22.6 Å². The lowest BCUT2D eigenvalue weighted by molar-refractivity contribution is -0.127. The van der Waals surface area contributed by atoms with E-state index < -0.39 is 11.9 Å². The molecule has 4 heteroatoms. The van der Waals surface area contributed by atoms with Crippen molar-refractivity contribution in [2.75, 3.05) is 0 Å². The summed E-state index contributed by atoms with van der Waals surface area (Å²) >= 11 is 0. The maximum absolute atomic E-state index is 12.7. The Labute approximate surface area is 133 Å². The van der Waals surface area contributed by atoms with Crippen LogP contribution in [0.25, 0.3) is 0 Å². The molecular formula is C19H16O4. The van der Waals surface area contributed by atoms with Gasteiger partial charge < -0.3 is 5.11 Å². The van der Waals surface area contributed by atoms with Gasteiger partial charge in [0.15, 0.2) is 11.6 Å². The molecule has 0 amide bonds. The average Bonchev–Trinajstić information content (AvgIpc) is 2.57. The summed E-state index contributed by atoms with van der Waals surface area (Å²) in [6, 6.07) is 6.39. The molecule has 0 saturated carbocycles. The molecule has 1 aromatic rings. The number of benzene rings is 1. The zero-order chi connectivity index (χ0) is 16.6. The molecule has 0 aromatic heterocycles. The summed E-state index contributed by atoms with van der Waals surface area (Å²) in [5, 5.41) is 8.92. The SMILES string of the molecule is CC1=C(Cc2ccc(C(=O)O)cc2)C(=O)C2C=CC=CC2C1=O. The Morgan fingerprint density at radius 1 is 1.00 bits per heavy atom. The second-order valence-corrected chi connectivity index (χ2v) is 5.83. The highest BCUT2D eigenvalue weighted by atomic mass is 16.4. The molecule has 0 spiro atoms. The Bertz CT molecular complexity index is 778. The second kappa shape index (κ2) is 5.80. The molecule has 0 fully saturated rings. The van der Waals surface area contributed by atoms with E-state index in [0.29, 0.717) is 17.6 Å². The fourth-order valence-electron chi connectivity index (χ4n) is 3.08. The molecule has 0 aliphatic heterocycles. The van der Waals surface area contributed by atoms with E-state index in [4.69, 9.17) is 5.11 Å². The van der Waals surface area contributed by atoms with Gasteiger partial charge in [-0.15, -0.1) is 0 Å². The van der Waals surface area contributed by atoms with Crippen LogP contribution in [0.15, 0.2) is 59.7 Å². The quantitative estimate of drug-likeness (QED) is 0.932. The number of allylic oxidation sites excluding steroid dienone is 6. The lowest BCUT2D eigenvalue weighted by Gasteiger charge is -2.29. The van der Waals surface area contributed by atoms with E-state index in [1.54, 1.807) is 43.4 Å². The molecule has 0 saturated heterocycles. The van der Waals surface area contributed by atoms with Crippen molar-refractivity contribution >= 4 is 17.5 Å². The van der Waals surface area contributed by atoms with Crippen molar-refractivity contribution in [1.29, 1.82) is 0 Å². The first-order chi connectivity index (χ1) is 11.0. The van der Waals surface area contributed by atoms with Crippen LogP contribution in [-0.2, 0) is 16.0 Å². The molecule has 2 unspecified atom stereocenters. The summed E-state index contributed by atoms with van der Waals surface area (Å²) < 4.78 is 0. The van der Waals surface area contributed by atoms with E-state index in [9.17, 15) is 14.4 Å². The fraction of sp³-hybridized carbons (Fsp3) is 0.211. The standard InChI is InChI=1S/C19H16O4/c1-11-16(10-12-6-8-13(9-7-12)19(22)23)18(21)15-5-3-2-4-14(15)17(11)20/h2-9,14-15H,10H2,1H3,(H,22,23). The van der Waals surface area contributed by atoms with Crippen LogP contribution in [0, 0.1) is 11.8 Å². The van der Waals surface area contributed by atoms with Gasteiger partial charge in [0.25, 0.3) is 0 Å². The normalized spacial score (nSPS) is 23.2. The van der Waals surface area contributed by atoms with E-state index >= 15 is 0 Å². The topological polar surface area (TPSA) is 71.4 Å². The third-order valence-electron chi connectivity index (χ3n) is 4.44. The molecule has 0 heterocycles. The Hall–Kier alpha value is -2.75. The van der Waals surface area contributed by atoms with Crippen LogP contribution in [0.3, 0.4) is 0 Å². The molecule has 0 radical (unpaired) electrons. The molecule has 1 N–H and O–H groups in total. The number of hydrogen-bond acceptors (Lipinski definition) is 3. The highest BCUT2D eigenvalue weighted by Crippen LogP contribution is 2.34. The number of Topliss-reactive ketones (excluding diaryl/α,β-unsaturated/α-hetero) is 2. The Morgan fingerprint density at radius 3 is 2.13 bits per heavy atom. The fourth-order valence-corrected chi connectivity index (χ4v) is 3.08. The summed E-state index contributed by atoms with van der Waals surface area (Å²) in [7, 11) is 0. The smallest absolute Gasteiger partial charge is 0.335 e. The van der Waals surface area contributed by atoms with Gasteiger partial charge in [0, 0.05) is 12.0 Å². The zero-order valence-electron chi connectivity index (χ0n) is 12.7. The average molecular weight is 308 g/mol. The van der Waals surface area contributed by atoms with Crippen molar-refractivity contribution in [3.8, 4) is 0 Å². The first-order valence-electron chi connectivity index (χ1n) is 7.44.